The Kier molecular flexibility index (Phi) is 6.12. The monoisotopic (exact) mass is 630 g/mol. The first-order valence-electron chi connectivity index (χ1n) is 16.7. The molecule has 232 valence electrons. The summed E-state index contributed by atoms with van der Waals surface area (Å²) in [6, 6.07) is 56.8. The number of amidine groups is 1. The Morgan fingerprint density at radius 2 is 1.10 bits per heavy atom. The molecule has 1 atom stereocenters. The molecule has 10 rings (SSSR count). The number of fused-ring (bicyclic) bond motifs is 9. The van der Waals surface area contributed by atoms with Gasteiger partial charge in [-0.05, 0) is 58.2 Å². The molecular formula is C45H30N2O2. The zero-order valence-electron chi connectivity index (χ0n) is 26.5. The van der Waals surface area contributed by atoms with Gasteiger partial charge in [-0.15, -0.1) is 0 Å². The maximum Gasteiger partial charge on any atom is 0.143 e. The average molecular weight is 631 g/mol. The van der Waals surface area contributed by atoms with E-state index in [2.05, 4.69) is 133 Å². The number of benzene rings is 6. The van der Waals surface area contributed by atoms with Gasteiger partial charge in [0.05, 0.1) is 11.0 Å². The van der Waals surface area contributed by atoms with Gasteiger partial charge in [0.15, 0.2) is 0 Å². The second-order valence-corrected chi connectivity index (χ2v) is 12.7. The molecule has 4 heteroatoms. The van der Waals surface area contributed by atoms with E-state index in [1.165, 1.54) is 22.3 Å². The molecule has 0 bridgehead atoms. The molecule has 1 spiro atoms. The molecule has 3 aliphatic rings. The highest BCUT2D eigenvalue weighted by Gasteiger charge is 2.51. The second-order valence-electron chi connectivity index (χ2n) is 12.7. The van der Waals surface area contributed by atoms with Gasteiger partial charge in [0.2, 0.25) is 0 Å². The second kappa shape index (κ2) is 10.8. The number of nitrogens with zero attached hydrogens (tertiary/aromatic N) is 1. The fourth-order valence-corrected chi connectivity index (χ4v) is 7.94. The Morgan fingerprint density at radius 3 is 1.84 bits per heavy atom. The standard InChI is InChI=1S/C45H30N2O2/c1-3-14-29(15-4-1)38-28-39(47-44(46-38)30-16-5-2-6-17-30)42-27-26-40(48-42)33-20-13-24-37-43(33)49-41-25-12-11-23-36(41)45(37)34-21-9-7-18-31(34)32-19-8-10-22-35(32)45/h1-28,39H,(H,46,47). The molecular weight excluding hydrogens is 601 g/mol. The summed E-state index contributed by atoms with van der Waals surface area (Å²) >= 11 is 0. The lowest BCUT2D eigenvalue weighted by molar-refractivity contribution is 0.434. The van der Waals surface area contributed by atoms with Crippen molar-refractivity contribution in [3.63, 3.8) is 0 Å². The van der Waals surface area contributed by atoms with Gasteiger partial charge >= 0.3 is 0 Å². The van der Waals surface area contributed by atoms with Gasteiger partial charge < -0.3 is 14.5 Å². The summed E-state index contributed by atoms with van der Waals surface area (Å²) < 4.78 is 13.6. The SMILES string of the molecule is C1=C(c2ccccc2)NC(c2ccccc2)=NC1c1ccc(-c2cccc3c2Oc2ccccc2C32c3ccccc3-c3ccccc32)o1. The summed E-state index contributed by atoms with van der Waals surface area (Å²) in [6.45, 7) is 0. The zero-order valence-corrected chi connectivity index (χ0v) is 26.5. The number of rotatable bonds is 4. The number of aliphatic imine (C=N–C) groups is 1. The van der Waals surface area contributed by atoms with Gasteiger partial charge in [-0.3, -0.25) is 4.99 Å². The van der Waals surface area contributed by atoms with Crippen molar-refractivity contribution in [2.45, 2.75) is 11.5 Å². The van der Waals surface area contributed by atoms with Crippen LogP contribution in [0, 0.1) is 0 Å². The van der Waals surface area contributed by atoms with Crippen molar-refractivity contribution in [1.82, 2.24) is 5.32 Å². The van der Waals surface area contributed by atoms with Crippen LogP contribution in [0.25, 0.3) is 28.1 Å². The maximum atomic E-state index is 6.87. The lowest BCUT2D eigenvalue weighted by atomic mass is 9.66. The van der Waals surface area contributed by atoms with Crippen LogP contribution in [0.15, 0.2) is 179 Å². The fourth-order valence-electron chi connectivity index (χ4n) is 7.94. The van der Waals surface area contributed by atoms with E-state index in [0.29, 0.717) is 0 Å². The van der Waals surface area contributed by atoms with E-state index in [0.717, 1.165) is 62.4 Å². The molecule has 4 nitrogen and oxygen atoms in total. The van der Waals surface area contributed by atoms with Crippen molar-refractivity contribution in [3.8, 4) is 33.9 Å². The van der Waals surface area contributed by atoms with E-state index in [-0.39, 0.29) is 6.04 Å². The first kappa shape index (κ1) is 27.7. The van der Waals surface area contributed by atoms with Crippen molar-refractivity contribution in [2.24, 2.45) is 4.99 Å². The van der Waals surface area contributed by atoms with Gasteiger partial charge in [-0.1, -0.05) is 140 Å². The van der Waals surface area contributed by atoms with E-state index in [4.69, 9.17) is 14.1 Å². The minimum Gasteiger partial charge on any atom is -0.458 e. The predicted octanol–water partition coefficient (Wildman–Crippen LogP) is 10.5. The topological polar surface area (TPSA) is 46.8 Å². The molecule has 0 amide bonds. The summed E-state index contributed by atoms with van der Waals surface area (Å²) in [4.78, 5) is 5.13. The molecule has 1 N–H and O–H groups in total. The van der Waals surface area contributed by atoms with Crippen molar-refractivity contribution in [2.75, 3.05) is 0 Å². The number of para-hydroxylation sites is 2. The summed E-state index contributed by atoms with van der Waals surface area (Å²) in [5.41, 5.74) is 10.8. The summed E-state index contributed by atoms with van der Waals surface area (Å²) in [6.07, 6.45) is 2.14. The van der Waals surface area contributed by atoms with Crippen molar-refractivity contribution < 1.29 is 9.15 Å². The molecule has 0 radical (unpaired) electrons. The Labute approximate surface area is 284 Å². The fraction of sp³-hybridized carbons (Fsp3) is 0.0444. The lowest BCUT2D eigenvalue weighted by Gasteiger charge is -2.39. The first-order chi connectivity index (χ1) is 24.3. The van der Waals surface area contributed by atoms with Crippen LogP contribution in [0.3, 0.4) is 0 Å². The largest absolute Gasteiger partial charge is 0.458 e. The van der Waals surface area contributed by atoms with Crippen molar-refractivity contribution >= 4 is 11.5 Å². The molecule has 1 unspecified atom stereocenters. The molecule has 3 heterocycles. The number of hydrogen-bond acceptors (Lipinski definition) is 4. The van der Waals surface area contributed by atoms with E-state index in [1.54, 1.807) is 0 Å². The van der Waals surface area contributed by atoms with Gasteiger partial charge in [0.25, 0.3) is 0 Å². The Hall–Kier alpha value is -6.39. The predicted molar refractivity (Wildman–Crippen MR) is 195 cm³/mol. The number of hydrogen-bond donors (Lipinski definition) is 1. The van der Waals surface area contributed by atoms with E-state index in [1.807, 2.05) is 42.5 Å². The van der Waals surface area contributed by atoms with Crippen molar-refractivity contribution in [1.29, 1.82) is 0 Å². The zero-order chi connectivity index (χ0) is 32.4. The number of ether oxygens (including phenoxy) is 1. The van der Waals surface area contributed by atoms with Gasteiger partial charge in [0, 0.05) is 22.4 Å². The summed E-state index contributed by atoms with van der Waals surface area (Å²) in [5, 5.41) is 3.57. The third kappa shape index (κ3) is 4.14. The molecule has 0 saturated carbocycles. The summed E-state index contributed by atoms with van der Waals surface area (Å²) in [5.74, 6) is 3.98. The molecule has 0 fully saturated rings. The number of furan rings is 1. The average Bonchev–Trinajstić information content (AvgIpc) is 3.78. The lowest BCUT2D eigenvalue weighted by Crippen LogP contribution is -2.32. The van der Waals surface area contributed by atoms with Crippen LogP contribution in [0.2, 0.25) is 0 Å². The highest BCUT2D eigenvalue weighted by molar-refractivity contribution is 6.04. The van der Waals surface area contributed by atoms with E-state index < -0.39 is 5.41 Å². The smallest absolute Gasteiger partial charge is 0.143 e. The van der Waals surface area contributed by atoms with Crippen LogP contribution >= 0.6 is 0 Å². The minimum atomic E-state index is -0.528. The third-order valence-corrected chi connectivity index (χ3v) is 10.0. The molecule has 7 aromatic rings. The Bertz CT molecular complexity index is 2350. The highest BCUT2D eigenvalue weighted by Crippen LogP contribution is 2.63. The third-order valence-electron chi connectivity index (χ3n) is 10.0. The van der Waals surface area contributed by atoms with Gasteiger partial charge in [-0.2, -0.15) is 0 Å². The molecule has 2 aliphatic heterocycles. The molecule has 49 heavy (non-hydrogen) atoms. The molecule has 6 aromatic carbocycles. The maximum absolute atomic E-state index is 6.87. The highest BCUT2D eigenvalue weighted by atomic mass is 16.5. The van der Waals surface area contributed by atoms with E-state index in [9.17, 15) is 0 Å². The van der Waals surface area contributed by atoms with Crippen LogP contribution < -0.4 is 10.1 Å². The van der Waals surface area contributed by atoms with Crippen LogP contribution in [0.4, 0.5) is 0 Å². The van der Waals surface area contributed by atoms with Crippen LogP contribution in [0.5, 0.6) is 11.5 Å². The van der Waals surface area contributed by atoms with Gasteiger partial charge in [0.1, 0.15) is 34.9 Å². The quantitative estimate of drug-likeness (QED) is 0.210. The first-order valence-corrected chi connectivity index (χ1v) is 16.7. The number of nitrogens with one attached hydrogen (secondary N) is 1. The van der Waals surface area contributed by atoms with Crippen molar-refractivity contribution in [3.05, 3.63) is 209 Å². The van der Waals surface area contributed by atoms with E-state index >= 15 is 0 Å². The molecule has 0 saturated heterocycles. The Balaban J connectivity index is 1.14. The molecule has 1 aromatic heterocycles. The Morgan fingerprint density at radius 1 is 0.510 bits per heavy atom. The molecule has 1 aliphatic carbocycles. The van der Waals surface area contributed by atoms with Gasteiger partial charge in [-0.25, -0.2) is 0 Å². The normalized spacial score (nSPS) is 16.3. The van der Waals surface area contributed by atoms with Crippen LogP contribution in [0.1, 0.15) is 45.2 Å². The summed E-state index contributed by atoms with van der Waals surface area (Å²) in [7, 11) is 0. The van der Waals surface area contributed by atoms with Crippen LogP contribution in [-0.2, 0) is 5.41 Å². The van der Waals surface area contributed by atoms with Crippen LogP contribution in [-0.4, -0.2) is 5.84 Å². The minimum absolute atomic E-state index is 0.318.